The van der Waals surface area contributed by atoms with Crippen molar-refractivity contribution in [2.75, 3.05) is 19.6 Å². The molecule has 0 unspecified atom stereocenters. The van der Waals surface area contributed by atoms with Crippen molar-refractivity contribution in [3.63, 3.8) is 0 Å². The lowest BCUT2D eigenvalue weighted by Gasteiger charge is -2.45. The normalized spacial score (nSPS) is 21.5. The highest BCUT2D eigenvalue weighted by atomic mass is 16.4. The van der Waals surface area contributed by atoms with Gasteiger partial charge in [0, 0.05) is 25.9 Å². The second-order valence-electron chi connectivity index (χ2n) is 10.0. The fourth-order valence-corrected chi connectivity index (χ4v) is 5.14. The average Bonchev–Trinajstić information content (AvgIpc) is 2.84. The Morgan fingerprint density at radius 3 is 2.57 bits per heavy atom. The number of aliphatic carboxylic acids is 1. The van der Waals surface area contributed by atoms with Crippen LogP contribution in [0.1, 0.15) is 37.8 Å². The van der Waals surface area contributed by atoms with E-state index in [4.69, 9.17) is 0 Å². The Morgan fingerprint density at radius 1 is 1.09 bits per heavy atom. The standard InChI is InChI=1S/C29H34N2O4/c1-20-19-31(15-13-29(20,2)24-8-5-9-25(32)18-24)14-12-27(33)30-26(28(34)35)17-21-10-11-22-6-3-4-7-23(22)16-21/h3-11,16,18,20,26,32H,12-15,17,19H2,1-2H3,(H,30,33)(H,34,35)/t20-,26-,29+/m0/s1. The molecule has 3 atom stereocenters. The Balaban J connectivity index is 1.31. The number of nitrogens with zero attached hydrogens (tertiary/aromatic N) is 1. The van der Waals surface area contributed by atoms with Crippen LogP contribution in [-0.4, -0.2) is 52.7 Å². The van der Waals surface area contributed by atoms with Gasteiger partial charge in [-0.2, -0.15) is 0 Å². The van der Waals surface area contributed by atoms with Crippen LogP contribution < -0.4 is 5.32 Å². The molecule has 3 aromatic carbocycles. The molecule has 4 rings (SSSR count). The van der Waals surface area contributed by atoms with Gasteiger partial charge in [0.15, 0.2) is 0 Å². The van der Waals surface area contributed by atoms with E-state index in [1.165, 1.54) is 0 Å². The number of nitrogens with one attached hydrogen (secondary N) is 1. The number of likely N-dealkylation sites (tertiary alicyclic amines) is 1. The SMILES string of the molecule is C[C@H]1CN(CCC(=O)N[C@@H](Cc2ccc3ccccc3c2)C(=O)O)CC[C@@]1(C)c1cccc(O)c1. The maximum Gasteiger partial charge on any atom is 0.326 e. The number of carboxylic acids is 1. The van der Waals surface area contributed by atoms with Crippen LogP contribution in [0.4, 0.5) is 0 Å². The predicted molar refractivity (Wildman–Crippen MR) is 138 cm³/mol. The fourth-order valence-electron chi connectivity index (χ4n) is 5.14. The number of carbonyl (C=O) groups excluding carboxylic acids is 1. The molecule has 0 spiro atoms. The number of aromatic hydroxyl groups is 1. The summed E-state index contributed by atoms with van der Waals surface area (Å²) in [7, 11) is 0. The third-order valence-electron chi connectivity index (χ3n) is 7.61. The van der Waals surface area contributed by atoms with Gasteiger partial charge in [0.25, 0.3) is 0 Å². The smallest absolute Gasteiger partial charge is 0.326 e. The molecule has 35 heavy (non-hydrogen) atoms. The van der Waals surface area contributed by atoms with Gasteiger partial charge in [0.1, 0.15) is 11.8 Å². The molecule has 3 aromatic rings. The van der Waals surface area contributed by atoms with Crippen molar-refractivity contribution >= 4 is 22.6 Å². The molecule has 1 amide bonds. The molecule has 1 aliphatic rings. The highest BCUT2D eigenvalue weighted by molar-refractivity contribution is 5.85. The number of fused-ring (bicyclic) bond motifs is 1. The van der Waals surface area contributed by atoms with Crippen LogP contribution in [0.15, 0.2) is 66.7 Å². The van der Waals surface area contributed by atoms with Crippen LogP contribution in [0.2, 0.25) is 0 Å². The van der Waals surface area contributed by atoms with E-state index in [-0.39, 0.29) is 29.9 Å². The van der Waals surface area contributed by atoms with E-state index in [9.17, 15) is 19.8 Å². The monoisotopic (exact) mass is 474 g/mol. The Bertz CT molecular complexity index is 1210. The summed E-state index contributed by atoms with van der Waals surface area (Å²) in [6.45, 7) is 6.73. The summed E-state index contributed by atoms with van der Waals surface area (Å²) in [5, 5.41) is 24.5. The first-order valence-electron chi connectivity index (χ1n) is 12.3. The van der Waals surface area contributed by atoms with Gasteiger partial charge < -0.3 is 20.4 Å². The van der Waals surface area contributed by atoms with Crippen LogP contribution in [-0.2, 0) is 21.4 Å². The van der Waals surface area contributed by atoms with Gasteiger partial charge in [0.2, 0.25) is 5.91 Å². The zero-order valence-electron chi connectivity index (χ0n) is 20.4. The summed E-state index contributed by atoms with van der Waals surface area (Å²) >= 11 is 0. The van der Waals surface area contributed by atoms with E-state index >= 15 is 0 Å². The number of benzene rings is 3. The van der Waals surface area contributed by atoms with Crippen molar-refractivity contribution < 1.29 is 19.8 Å². The van der Waals surface area contributed by atoms with Gasteiger partial charge in [-0.15, -0.1) is 0 Å². The van der Waals surface area contributed by atoms with E-state index < -0.39 is 12.0 Å². The molecule has 1 saturated heterocycles. The molecule has 0 bridgehead atoms. The van der Waals surface area contributed by atoms with Crippen molar-refractivity contribution in [3.8, 4) is 5.75 Å². The van der Waals surface area contributed by atoms with Gasteiger partial charge >= 0.3 is 5.97 Å². The highest BCUT2D eigenvalue weighted by Gasteiger charge is 2.38. The van der Waals surface area contributed by atoms with Crippen LogP contribution in [0.25, 0.3) is 10.8 Å². The topological polar surface area (TPSA) is 89.9 Å². The Kier molecular flexibility index (Phi) is 7.41. The molecule has 3 N–H and O–H groups in total. The summed E-state index contributed by atoms with van der Waals surface area (Å²) in [4.78, 5) is 26.8. The highest BCUT2D eigenvalue weighted by Crippen LogP contribution is 2.40. The number of phenolic OH excluding ortho intramolecular Hbond substituents is 1. The lowest BCUT2D eigenvalue weighted by atomic mass is 9.68. The summed E-state index contributed by atoms with van der Waals surface area (Å²) < 4.78 is 0. The first-order valence-corrected chi connectivity index (χ1v) is 12.3. The third kappa shape index (κ3) is 5.82. The molecule has 184 valence electrons. The molecule has 0 saturated carbocycles. The number of hydrogen-bond donors (Lipinski definition) is 3. The van der Waals surface area contributed by atoms with Crippen molar-refractivity contribution in [2.45, 2.75) is 44.6 Å². The first-order chi connectivity index (χ1) is 16.7. The number of rotatable bonds is 8. The Morgan fingerprint density at radius 2 is 1.86 bits per heavy atom. The van der Waals surface area contributed by atoms with Crippen molar-refractivity contribution in [2.24, 2.45) is 5.92 Å². The van der Waals surface area contributed by atoms with Crippen LogP contribution >= 0.6 is 0 Å². The lowest BCUT2D eigenvalue weighted by molar-refractivity contribution is -0.141. The molecular weight excluding hydrogens is 440 g/mol. The molecule has 0 radical (unpaired) electrons. The van der Waals surface area contributed by atoms with E-state index in [0.717, 1.165) is 41.4 Å². The number of phenols is 1. The molecule has 6 heteroatoms. The second-order valence-corrected chi connectivity index (χ2v) is 10.0. The Labute approximate surface area is 206 Å². The maximum absolute atomic E-state index is 12.6. The fraction of sp³-hybridized carbons (Fsp3) is 0.379. The zero-order valence-corrected chi connectivity index (χ0v) is 20.4. The van der Waals surface area contributed by atoms with Gasteiger partial charge in [-0.1, -0.05) is 68.4 Å². The van der Waals surface area contributed by atoms with E-state index in [0.29, 0.717) is 12.5 Å². The van der Waals surface area contributed by atoms with E-state index in [2.05, 4.69) is 30.1 Å². The maximum atomic E-state index is 12.6. The first kappa shape index (κ1) is 24.7. The quantitative estimate of drug-likeness (QED) is 0.452. The van der Waals surface area contributed by atoms with Crippen LogP contribution in [0, 0.1) is 5.92 Å². The number of amides is 1. The second kappa shape index (κ2) is 10.5. The van der Waals surface area contributed by atoms with Crippen molar-refractivity contribution in [3.05, 3.63) is 77.9 Å². The Hall–Kier alpha value is -3.38. The van der Waals surface area contributed by atoms with Gasteiger partial charge in [-0.3, -0.25) is 4.79 Å². The predicted octanol–water partition coefficient (Wildman–Crippen LogP) is 4.35. The largest absolute Gasteiger partial charge is 0.508 e. The lowest BCUT2D eigenvalue weighted by Crippen LogP contribution is -2.48. The van der Waals surface area contributed by atoms with Gasteiger partial charge in [0.05, 0.1) is 0 Å². The van der Waals surface area contributed by atoms with Crippen LogP contribution in [0.3, 0.4) is 0 Å². The van der Waals surface area contributed by atoms with E-state index in [1.54, 1.807) is 6.07 Å². The number of carboxylic acid groups (broad SMARTS) is 1. The number of carbonyl (C=O) groups is 2. The molecule has 0 aromatic heterocycles. The number of piperidine rings is 1. The molecule has 6 nitrogen and oxygen atoms in total. The summed E-state index contributed by atoms with van der Waals surface area (Å²) in [6.07, 6.45) is 1.44. The van der Waals surface area contributed by atoms with Crippen molar-refractivity contribution in [1.29, 1.82) is 0 Å². The zero-order chi connectivity index (χ0) is 25.0. The molecule has 1 heterocycles. The summed E-state index contributed by atoms with van der Waals surface area (Å²) in [5.74, 6) is -0.639. The minimum atomic E-state index is -1.03. The summed E-state index contributed by atoms with van der Waals surface area (Å²) in [5.41, 5.74) is 1.99. The minimum absolute atomic E-state index is 0.0360. The van der Waals surface area contributed by atoms with Gasteiger partial charge in [-0.25, -0.2) is 4.79 Å². The molecule has 1 aliphatic heterocycles. The molecule has 1 fully saturated rings. The third-order valence-corrected chi connectivity index (χ3v) is 7.61. The minimum Gasteiger partial charge on any atom is -0.508 e. The summed E-state index contributed by atoms with van der Waals surface area (Å²) in [6, 6.07) is 20.4. The average molecular weight is 475 g/mol. The van der Waals surface area contributed by atoms with E-state index in [1.807, 2.05) is 54.6 Å². The number of hydrogen-bond acceptors (Lipinski definition) is 4. The van der Waals surface area contributed by atoms with Crippen molar-refractivity contribution in [1.82, 2.24) is 10.2 Å². The molecular formula is C29H34N2O4. The van der Waals surface area contributed by atoms with Crippen LogP contribution in [0.5, 0.6) is 5.75 Å². The van der Waals surface area contributed by atoms with Gasteiger partial charge in [-0.05, 0) is 58.3 Å². The molecule has 0 aliphatic carbocycles.